The predicted molar refractivity (Wildman–Crippen MR) is 104 cm³/mol. The Labute approximate surface area is 168 Å². The van der Waals surface area contributed by atoms with Crippen molar-refractivity contribution in [2.45, 2.75) is 25.9 Å². The number of rotatable bonds is 5. The topological polar surface area (TPSA) is 68.5 Å². The highest BCUT2D eigenvalue weighted by Crippen LogP contribution is 2.24. The van der Waals surface area contributed by atoms with Crippen LogP contribution in [-0.4, -0.2) is 34.2 Å². The number of hydrogen-bond acceptors (Lipinski definition) is 5. The van der Waals surface area contributed by atoms with Gasteiger partial charge in [0.25, 0.3) is 0 Å². The Kier molecular flexibility index (Phi) is 5.84. The molecule has 1 unspecified atom stereocenters. The molecular formula is C22H22FN3O3. The van der Waals surface area contributed by atoms with Crippen molar-refractivity contribution in [3.63, 3.8) is 0 Å². The molecule has 1 aliphatic rings. The van der Waals surface area contributed by atoms with Crippen LogP contribution in [0.2, 0.25) is 0 Å². The summed E-state index contributed by atoms with van der Waals surface area (Å²) in [7, 11) is 0. The van der Waals surface area contributed by atoms with Gasteiger partial charge in [-0.2, -0.15) is 4.98 Å². The number of carbonyl (C=O) groups is 1. The van der Waals surface area contributed by atoms with Crippen molar-refractivity contribution in [1.29, 1.82) is 0 Å². The molecule has 0 saturated carbocycles. The van der Waals surface area contributed by atoms with Gasteiger partial charge in [-0.25, -0.2) is 9.18 Å². The Morgan fingerprint density at radius 1 is 1.17 bits per heavy atom. The smallest absolute Gasteiger partial charge is 0.410 e. The molecule has 1 amide bonds. The van der Waals surface area contributed by atoms with Crippen molar-refractivity contribution in [1.82, 2.24) is 15.0 Å². The largest absolute Gasteiger partial charge is 0.445 e. The summed E-state index contributed by atoms with van der Waals surface area (Å²) in [5, 5.41) is 3.90. The summed E-state index contributed by atoms with van der Waals surface area (Å²) in [6.45, 7) is 1.51. The van der Waals surface area contributed by atoms with E-state index < -0.39 is 0 Å². The number of piperidine rings is 1. The van der Waals surface area contributed by atoms with Crippen LogP contribution in [0.4, 0.5) is 9.18 Å². The monoisotopic (exact) mass is 395 g/mol. The molecule has 0 aliphatic carbocycles. The molecule has 1 fully saturated rings. The average molecular weight is 395 g/mol. The molecule has 6 nitrogen and oxygen atoms in total. The highest BCUT2D eigenvalue weighted by molar-refractivity contribution is 5.67. The molecule has 4 rings (SSSR count). The van der Waals surface area contributed by atoms with Crippen molar-refractivity contribution < 1.29 is 18.4 Å². The summed E-state index contributed by atoms with van der Waals surface area (Å²) in [5.74, 6) is 0.507. The molecule has 1 aliphatic heterocycles. The molecule has 1 atom stereocenters. The number of nitrogens with zero attached hydrogens (tertiary/aromatic N) is 3. The number of carbonyl (C=O) groups excluding carboxylic acids is 1. The molecule has 29 heavy (non-hydrogen) atoms. The minimum Gasteiger partial charge on any atom is -0.445 e. The maximum Gasteiger partial charge on any atom is 0.410 e. The van der Waals surface area contributed by atoms with E-state index in [-0.39, 0.29) is 30.3 Å². The quantitative estimate of drug-likeness (QED) is 0.638. The fourth-order valence-corrected chi connectivity index (χ4v) is 3.54. The van der Waals surface area contributed by atoms with Gasteiger partial charge in [-0.1, -0.05) is 47.6 Å². The van der Waals surface area contributed by atoms with E-state index in [2.05, 4.69) is 10.1 Å². The summed E-state index contributed by atoms with van der Waals surface area (Å²) in [6, 6.07) is 15.9. The van der Waals surface area contributed by atoms with Gasteiger partial charge in [0, 0.05) is 19.5 Å². The van der Waals surface area contributed by atoms with Crippen molar-refractivity contribution >= 4 is 6.09 Å². The van der Waals surface area contributed by atoms with Gasteiger partial charge in [0.1, 0.15) is 12.4 Å². The minimum atomic E-state index is -0.384. The van der Waals surface area contributed by atoms with E-state index in [4.69, 9.17) is 9.26 Å². The molecule has 2 aromatic carbocycles. The van der Waals surface area contributed by atoms with Crippen molar-refractivity contribution in [2.75, 3.05) is 13.1 Å². The highest BCUT2D eigenvalue weighted by Gasteiger charge is 2.26. The first-order valence-electron chi connectivity index (χ1n) is 9.72. The van der Waals surface area contributed by atoms with Gasteiger partial charge in [-0.3, -0.25) is 0 Å². The zero-order valence-corrected chi connectivity index (χ0v) is 16.0. The van der Waals surface area contributed by atoms with E-state index in [0.29, 0.717) is 31.0 Å². The third-order valence-electron chi connectivity index (χ3n) is 5.03. The normalized spacial score (nSPS) is 16.6. The third kappa shape index (κ3) is 4.80. The zero-order chi connectivity index (χ0) is 20.1. The van der Waals surface area contributed by atoms with Gasteiger partial charge in [-0.05, 0) is 36.5 Å². The van der Waals surface area contributed by atoms with E-state index in [1.165, 1.54) is 6.07 Å². The van der Waals surface area contributed by atoms with Gasteiger partial charge >= 0.3 is 6.09 Å². The maximum atomic E-state index is 13.9. The number of hydrogen-bond donors (Lipinski definition) is 0. The lowest BCUT2D eigenvalue weighted by atomic mass is 9.95. The van der Waals surface area contributed by atoms with Crippen LogP contribution in [0, 0.1) is 11.7 Å². The second-order valence-electron chi connectivity index (χ2n) is 7.19. The minimum absolute atomic E-state index is 0.196. The van der Waals surface area contributed by atoms with E-state index in [0.717, 1.165) is 18.4 Å². The van der Waals surface area contributed by atoms with Crippen LogP contribution in [0.3, 0.4) is 0 Å². The molecule has 3 aromatic rings. The van der Waals surface area contributed by atoms with Crippen molar-refractivity contribution in [2.24, 2.45) is 5.92 Å². The predicted octanol–water partition coefficient (Wildman–Crippen LogP) is 4.47. The number of aromatic nitrogens is 2. The first-order chi connectivity index (χ1) is 14.2. The van der Waals surface area contributed by atoms with Crippen LogP contribution in [0.15, 0.2) is 59.1 Å². The zero-order valence-electron chi connectivity index (χ0n) is 16.0. The van der Waals surface area contributed by atoms with Gasteiger partial charge < -0.3 is 14.2 Å². The molecule has 2 heterocycles. The maximum absolute atomic E-state index is 13.9. The van der Waals surface area contributed by atoms with Gasteiger partial charge in [0.15, 0.2) is 0 Å². The van der Waals surface area contributed by atoms with Crippen LogP contribution < -0.4 is 0 Å². The van der Waals surface area contributed by atoms with Crippen LogP contribution in [0.5, 0.6) is 0 Å². The average Bonchev–Trinajstić information content (AvgIpc) is 3.21. The number of halogens is 1. The molecular weight excluding hydrogens is 373 g/mol. The van der Waals surface area contributed by atoms with Crippen LogP contribution >= 0.6 is 0 Å². The third-order valence-corrected chi connectivity index (χ3v) is 5.03. The summed E-state index contributed by atoms with van der Waals surface area (Å²) >= 11 is 0. The van der Waals surface area contributed by atoms with Gasteiger partial charge in [0.05, 0.1) is 5.56 Å². The Morgan fingerprint density at radius 2 is 1.97 bits per heavy atom. The Hall–Kier alpha value is -3.22. The molecule has 0 spiro atoms. The molecule has 7 heteroatoms. The second kappa shape index (κ2) is 8.86. The van der Waals surface area contributed by atoms with Gasteiger partial charge in [0.2, 0.25) is 11.7 Å². The fraction of sp³-hybridized carbons (Fsp3) is 0.318. The number of ether oxygens (including phenoxy) is 1. The molecule has 0 radical (unpaired) electrons. The summed E-state index contributed by atoms with van der Waals surface area (Å²) < 4.78 is 24.6. The summed E-state index contributed by atoms with van der Waals surface area (Å²) in [5.41, 5.74) is 1.28. The molecule has 150 valence electrons. The van der Waals surface area contributed by atoms with Crippen LogP contribution in [-0.2, 0) is 17.8 Å². The van der Waals surface area contributed by atoms with E-state index in [9.17, 15) is 9.18 Å². The SMILES string of the molecule is O=C(OCc1ccccc1)N1CCCC(Cc2nc(-c3ccccc3F)no2)C1. The lowest BCUT2D eigenvalue weighted by molar-refractivity contribution is 0.0780. The Balaban J connectivity index is 1.33. The Bertz CT molecular complexity index is 961. The second-order valence-corrected chi connectivity index (χ2v) is 7.19. The number of amides is 1. The highest BCUT2D eigenvalue weighted by atomic mass is 19.1. The lowest BCUT2D eigenvalue weighted by Crippen LogP contribution is -2.40. The van der Waals surface area contributed by atoms with Crippen LogP contribution in [0.1, 0.15) is 24.3 Å². The summed E-state index contributed by atoms with van der Waals surface area (Å²) in [6.07, 6.45) is 2.08. The first-order valence-corrected chi connectivity index (χ1v) is 9.72. The van der Waals surface area contributed by atoms with E-state index in [1.807, 2.05) is 30.3 Å². The number of likely N-dealkylation sites (tertiary alicyclic amines) is 1. The van der Waals surface area contributed by atoms with Gasteiger partial charge in [-0.15, -0.1) is 0 Å². The number of benzene rings is 2. The van der Waals surface area contributed by atoms with E-state index in [1.54, 1.807) is 23.1 Å². The summed E-state index contributed by atoms with van der Waals surface area (Å²) in [4.78, 5) is 18.5. The van der Waals surface area contributed by atoms with Crippen molar-refractivity contribution in [3.05, 3.63) is 71.9 Å². The standard InChI is InChI=1S/C22H22FN3O3/c23-19-11-5-4-10-18(19)21-24-20(29-25-21)13-17-9-6-12-26(14-17)22(27)28-15-16-7-2-1-3-8-16/h1-5,7-8,10-11,17H,6,9,12-15H2. The van der Waals surface area contributed by atoms with Crippen molar-refractivity contribution in [3.8, 4) is 11.4 Å². The van der Waals surface area contributed by atoms with Crippen LogP contribution in [0.25, 0.3) is 11.4 Å². The first kappa shape index (κ1) is 19.1. The fourth-order valence-electron chi connectivity index (χ4n) is 3.54. The van der Waals surface area contributed by atoms with E-state index >= 15 is 0 Å². The lowest BCUT2D eigenvalue weighted by Gasteiger charge is -2.31. The molecule has 1 saturated heterocycles. The Morgan fingerprint density at radius 3 is 2.79 bits per heavy atom. The molecule has 1 aromatic heterocycles. The molecule has 0 N–H and O–H groups in total. The molecule has 0 bridgehead atoms.